The van der Waals surface area contributed by atoms with Gasteiger partial charge in [-0.2, -0.15) is 0 Å². The highest BCUT2D eigenvalue weighted by atomic mass is 35.5. The van der Waals surface area contributed by atoms with Gasteiger partial charge in [0.2, 0.25) is 0 Å². The number of rotatable bonds is 1. The molecular formula is C8H11ClN2. The van der Waals surface area contributed by atoms with Gasteiger partial charge in [-0.25, -0.2) is 0 Å². The molecule has 0 unspecified atom stereocenters. The van der Waals surface area contributed by atoms with Crippen molar-refractivity contribution in [2.24, 2.45) is 5.73 Å². The van der Waals surface area contributed by atoms with Crippen molar-refractivity contribution in [3.8, 4) is 0 Å². The van der Waals surface area contributed by atoms with E-state index in [2.05, 4.69) is 4.98 Å². The van der Waals surface area contributed by atoms with Gasteiger partial charge in [-0.05, 0) is 26.0 Å². The first-order chi connectivity index (χ1) is 5.02. The third-order valence-electron chi connectivity index (χ3n) is 1.37. The number of pyridine rings is 1. The van der Waals surface area contributed by atoms with Gasteiger partial charge < -0.3 is 5.73 Å². The molecule has 0 bridgehead atoms. The Morgan fingerprint density at radius 1 is 1.55 bits per heavy atom. The minimum atomic E-state index is -0.460. The van der Waals surface area contributed by atoms with E-state index in [1.54, 1.807) is 18.3 Å². The SMILES string of the molecule is CC(C)(N)c1ncccc1Cl. The maximum Gasteiger partial charge on any atom is 0.0782 e. The summed E-state index contributed by atoms with van der Waals surface area (Å²) in [5.41, 5.74) is 6.09. The Morgan fingerprint density at radius 2 is 2.18 bits per heavy atom. The molecule has 0 spiro atoms. The van der Waals surface area contributed by atoms with Gasteiger partial charge >= 0.3 is 0 Å². The van der Waals surface area contributed by atoms with Gasteiger partial charge in [-0.15, -0.1) is 0 Å². The normalized spacial score (nSPS) is 11.6. The minimum Gasteiger partial charge on any atom is -0.321 e. The van der Waals surface area contributed by atoms with Crippen LogP contribution in [0.25, 0.3) is 0 Å². The zero-order valence-corrected chi connectivity index (χ0v) is 7.39. The van der Waals surface area contributed by atoms with Crippen molar-refractivity contribution in [3.05, 3.63) is 29.0 Å². The van der Waals surface area contributed by atoms with Crippen LogP contribution < -0.4 is 5.73 Å². The summed E-state index contributed by atoms with van der Waals surface area (Å²) in [5.74, 6) is 0. The molecule has 0 aromatic carbocycles. The monoisotopic (exact) mass is 170 g/mol. The maximum absolute atomic E-state index is 5.87. The van der Waals surface area contributed by atoms with Gasteiger partial charge in [0.15, 0.2) is 0 Å². The van der Waals surface area contributed by atoms with Crippen molar-refractivity contribution in [2.45, 2.75) is 19.4 Å². The van der Waals surface area contributed by atoms with Crippen LogP contribution in [0, 0.1) is 0 Å². The first-order valence-electron chi connectivity index (χ1n) is 3.41. The Hall–Kier alpha value is -0.600. The van der Waals surface area contributed by atoms with Crippen LogP contribution in [0.2, 0.25) is 5.02 Å². The molecule has 1 aromatic rings. The van der Waals surface area contributed by atoms with Gasteiger partial charge in [-0.3, -0.25) is 4.98 Å². The standard InChI is InChI=1S/C8H11ClN2/c1-8(2,10)7-6(9)4-3-5-11-7/h3-5H,10H2,1-2H3. The molecule has 2 N–H and O–H groups in total. The Morgan fingerprint density at radius 3 is 2.55 bits per heavy atom. The fraction of sp³-hybridized carbons (Fsp3) is 0.375. The molecule has 1 rings (SSSR count). The second-order valence-electron chi connectivity index (χ2n) is 3.06. The molecule has 1 aromatic heterocycles. The van der Waals surface area contributed by atoms with E-state index >= 15 is 0 Å². The van der Waals surface area contributed by atoms with E-state index in [9.17, 15) is 0 Å². The van der Waals surface area contributed by atoms with Gasteiger partial charge in [0, 0.05) is 6.20 Å². The molecule has 0 aliphatic carbocycles. The number of aromatic nitrogens is 1. The van der Waals surface area contributed by atoms with Crippen LogP contribution in [0.5, 0.6) is 0 Å². The van der Waals surface area contributed by atoms with E-state index in [1.807, 2.05) is 13.8 Å². The summed E-state index contributed by atoms with van der Waals surface area (Å²) >= 11 is 5.87. The molecule has 0 radical (unpaired) electrons. The fourth-order valence-electron chi connectivity index (χ4n) is 0.860. The molecule has 0 saturated carbocycles. The summed E-state index contributed by atoms with van der Waals surface area (Å²) in [6.07, 6.45) is 1.69. The average molecular weight is 171 g/mol. The van der Waals surface area contributed by atoms with Gasteiger partial charge in [0.1, 0.15) is 0 Å². The summed E-state index contributed by atoms with van der Waals surface area (Å²) in [6.45, 7) is 3.75. The van der Waals surface area contributed by atoms with Crippen molar-refractivity contribution in [3.63, 3.8) is 0 Å². The van der Waals surface area contributed by atoms with E-state index in [4.69, 9.17) is 17.3 Å². The lowest BCUT2D eigenvalue weighted by molar-refractivity contribution is 0.535. The lowest BCUT2D eigenvalue weighted by Crippen LogP contribution is -2.30. The van der Waals surface area contributed by atoms with Crippen molar-refractivity contribution in [1.82, 2.24) is 4.98 Å². The lowest BCUT2D eigenvalue weighted by Gasteiger charge is -2.18. The van der Waals surface area contributed by atoms with Crippen LogP contribution in [0.3, 0.4) is 0 Å². The van der Waals surface area contributed by atoms with E-state index in [-0.39, 0.29) is 0 Å². The number of nitrogens with two attached hydrogens (primary N) is 1. The summed E-state index contributed by atoms with van der Waals surface area (Å²) in [7, 11) is 0. The van der Waals surface area contributed by atoms with E-state index in [1.165, 1.54) is 0 Å². The highest BCUT2D eigenvalue weighted by molar-refractivity contribution is 6.31. The summed E-state index contributed by atoms with van der Waals surface area (Å²) in [4.78, 5) is 4.09. The molecule has 0 saturated heterocycles. The molecule has 0 aliphatic rings. The number of halogens is 1. The van der Waals surface area contributed by atoms with Crippen molar-refractivity contribution in [1.29, 1.82) is 0 Å². The van der Waals surface area contributed by atoms with Crippen LogP contribution in [0.15, 0.2) is 18.3 Å². The Kier molecular flexibility index (Phi) is 2.16. The smallest absolute Gasteiger partial charge is 0.0782 e. The molecule has 0 atom stereocenters. The largest absolute Gasteiger partial charge is 0.321 e. The molecule has 0 aliphatic heterocycles. The quantitative estimate of drug-likeness (QED) is 0.700. The van der Waals surface area contributed by atoms with E-state index in [0.29, 0.717) is 5.02 Å². The molecule has 0 amide bonds. The zero-order valence-electron chi connectivity index (χ0n) is 6.63. The van der Waals surface area contributed by atoms with E-state index in [0.717, 1.165) is 5.69 Å². The summed E-state index contributed by atoms with van der Waals surface area (Å²) in [6, 6.07) is 3.58. The Labute approximate surface area is 71.4 Å². The molecule has 3 heteroatoms. The third-order valence-corrected chi connectivity index (χ3v) is 1.67. The average Bonchev–Trinajstić information content (AvgIpc) is 1.86. The highest BCUT2D eigenvalue weighted by Crippen LogP contribution is 2.22. The summed E-state index contributed by atoms with van der Waals surface area (Å²) in [5, 5.41) is 0.625. The molecular weight excluding hydrogens is 160 g/mol. The first-order valence-corrected chi connectivity index (χ1v) is 3.79. The molecule has 0 fully saturated rings. The molecule has 1 heterocycles. The maximum atomic E-state index is 5.87. The first kappa shape index (κ1) is 8.50. The van der Waals surface area contributed by atoms with Gasteiger partial charge in [0.05, 0.1) is 16.3 Å². The second-order valence-corrected chi connectivity index (χ2v) is 3.46. The molecule has 60 valence electrons. The van der Waals surface area contributed by atoms with Crippen LogP contribution >= 0.6 is 11.6 Å². The predicted molar refractivity (Wildman–Crippen MR) is 46.5 cm³/mol. The third kappa shape index (κ3) is 1.91. The van der Waals surface area contributed by atoms with Crippen LogP contribution in [-0.4, -0.2) is 4.98 Å². The zero-order chi connectivity index (χ0) is 8.48. The van der Waals surface area contributed by atoms with Crippen molar-refractivity contribution in [2.75, 3.05) is 0 Å². The Bertz CT molecular complexity index is 253. The number of hydrogen-bond acceptors (Lipinski definition) is 2. The van der Waals surface area contributed by atoms with E-state index < -0.39 is 5.54 Å². The second kappa shape index (κ2) is 2.80. The van der Waals surface area contributed by atoms with Crippen LogP contribution in [0.4, 0.5) is 0 Å². The van der Waals surface area contributed by atoms with Gasteiger partial charge in [-0.1, -0.05) is 11.6 Å². The fourth-order valence-corrected chi connectivity index (χ4v) is 1.22. The molecule has 11 heavy (non-hydrogen) atoms. The van der Waals surface area contributed by atoms with Crippen molar-refractivity contribution < 1.29 is 0 Å². The predicted octanol–water partition coefficient (Wildman–Crippen LogP) is 1.93. The van der Waals surface area contributed by atoms with Crippen LogP contribution in [-0.2, 0) is 5.54 Å². The minimum absolute atomic E-state index is 0.460. The van der Waals surface area contributed by atoms with Gasteiger partial charge in [0.25, 0.3) is 0 Å². The topological polar surface area (TPSA) is 38.9 Å². The highest BCUT2D eigenvalue weighted by Gasteiger charge is 2.18. The number of nitrogens with zero attached hydrogens (tertiary/aromatic N) is 1. The van der Waals surface area contributed by atoms with Crippen LogP contribution in [0.1, 0.15) is 19.5 Å². The van der Waals surface area contributed by atoms with Crippen molar-refractivity contribution >= 4 is 11.6 Å². The Balaban J connectivity index is 3.14. The summed E-state index contributed by atoms with van der Waals surface area (Å²) < 4.78 is 0. The molecule has 2 nitrogen and oxygen atoms in total. The lowest BCUT2D eigenvalue weighted by atomic mass is 10.0. The number of hydrogen-bond donors (Lipinski definition) is 1.